The van der Waals surface area contributed by atoms with Gasteiger partial charge in [0.05, 0.1) is 17.9 Å². The summed E-state index contributed by atoms with van der Waals surface area (Å²) in [5, 5.41) is 11.2. The van der Waals surface area contributed by atoms with E-state index in [-0.39, 0.29) is 17.6 Å². The van der Waals surface area contributed by atoms with Crippen LogP contribution in [-0.4, -0.2) is 33.0 Å². The zero-order valence-corrected chi connectivity index (χ0v) is 20.8. The number of para-hydroxylation sites is 2. The molecule has 2 aromatic carbocycles. The molecule has 0 radical (unpaired) electrons. The van der Waals surface area contributed by atoms with Crippen LogP contribution >= 0.6 is 11.8 Å². The molecule has 0 aliphatic carbocycles. The van der Waals surface area contributed by atoms with E-state index in [2.05, 4.69) is 15.5 Å². The third-order valence-electron chi connectivity index (χ3n) is 5.07. The van der Waals surface area contributed by atoms with Crippen LogP contribution in [0.25, 0.3) is 0 Å². The number of methoxy groups -OCH3 is 1. The van der Waals surface area contributed by atoms with E-state index >= 15 is 0 Å². The molecule has 0 aliphatic rings. The average Bonchev–Trinajstić information content (AvgIpc) is 3.23. The summed E-state index contributed by atoms with van der Waals surface area (Å²) >= 11 is 1.20. The van der Waals surface area contributed by atoms with Crippen LogP contribution in [0.4, 0.5) is 18.9 Å². The molecule has 3 rings (SSSR count). The first-order valence-electron chi connectivity index (χ1n) is 10.9. The van der Waals surface area contributed by atoms with E-state index < -0.39 is 23.1 Å². The van der Waals surface area contributed by atoms with Crippen molar-refractivity contribution in [3.05, 3.63) is 59.9 Å². The Balaban J connectivity index is 1.72. The van der Waals surface area contributed by atoms with E-state index in [4.69, 9.17) is 9.47 Å². The van der Waals surface area contributed by atoms with Gasteiger partial charge in [-0.1, -0.05) is 23.9 Å². The molecule has 0 saturated carbocycles. The van der Waals surface area contributed by atoms with Crippen molar-refractivity contribution in [2.75, 3.05) is 12.4 Å². The van der Waals surface area contributed by atoms with Crippen molar-refractivity contribution in [2.45, 2.75) is 56.4 Å². The second kappa shape index (κ2) is 11.0. The predicted octanol–water partition coefficient (Wildman–Crippen LogP) is 6.15. The van der Waals surface area contributed by atoms with Gasteiger partial charge in [0, 0.05) is 11.7 Å². The molecular formula is C24H27F3N4O3S. The van der Waals surface area contributed by atoms with Crippen molar-refractivity contribution in [3.8, 4) is 11.5 Å². The monoisotopic (exact) mass is 508 g/mol. The SMILES string of the molecule is COc1ccccc1OC(C)c1nnc(SC(C)C(=O)Nc2ccc(C(F)(F)F)cc2)n1C(C)C. The van der Waals surface area contributed by atoms with Gasteiger partial charge in [-0.05, 0) is 64.1 Å². The smallest absolute Gasteiger partial charge is 0.416 e. The number of nitrogens with one attached hydrogen (secondary N) is 1. The van der Waals surface area contributed by atoms with Crippen molar-refractivity contribution in [3.63, 3.8) is 0 Å². The van der Waals surface area contributed by atoms with Crippen molar-refractivity contribution in [2.24, 2.45) is 0 Å². The predicted molar refractivity (Wildman–Crippen MR) is 128 cm³/mol. The van der Waals surface area contributed by atoms with Crippen LogP contribution in [0.1, 0.15) is 51.2 Å². The van der Waals surface area contributed by atoms with Gasteiger partial charge in [-0.25, -0.2) is 0 Å². The summed E-state index contributed by atoms with van der Waals surface area (Å²) in [5.41, 5.74) is -0.500. The molecule has 2 unspecified atom stereocenters. The van der Waals surface area contributed by atoms with Gasteiger partial charge in [0.15, 0.2) is 28.6 Å². The minimum absolute atomic E-state index is 0.0172. The number of benzene rings is 2. The van der Waals surface area contributed by atoms with Gasteiger partial charge in [0.25, 0.3) is 0 Å². The molecular weight excluding hydrogens is 481 g/mol. The largest absolute Gasteiger partial charge is 0.493 e. The summed E-state index contributed by atoms with van der Waals surface area (Å²) in [6, 6.07) is 11.6. The van der Waals surface area contributed by atoms with E-state index in [9.17, 15) is 18.0 Å². The number of thioether (sulfide) groups is 1. The summed E-state index contributed by atoms with van der Waals surface area (Å²) in [5.74, 6) is 1.38. The second-order valence-electron chi connectivity index (χ2n) is 8.04. The normalized spacial score (nSPS) is 13.4. The Labute approximate surface area is 206 Å². The van der Waals surface area contributed by atoms with Gasteiger partial charge < -0.3 is 19.4 Å². The zero-order chi connectivity index (χ0) is 25.8. The van der Waals surface area contributed by atoms with Gasteiger partial charge in [-0.3, -0.25) is 4.79 Å². The van der Waals surface area contributed by atoms with Crippen LogP contribution in [0.5, 0.6) is 11.5 Å². The number of halogens is 3. The number of alkyl halides is 3. The molecule has 0 bridgehead atoms. The topological polar surface area (TPSA) is 78.3 Å². The lowest BCUT2D eigenvalue weighted by atomic mass is 10.2. The third kappa shape index (κ3) is 6.47. The quantitative estimate of drug-likeness (QED) is 0.350. The number of anilines is 1. The number of amides is 1. The number of rotatable bonds is 9. The summed E-state index contributed by atoms with van der Waals surface area (Å²) in [4.78, 5) is 12.7. The molecule has 1 N–H and O–H groups in total. The average molecular weight is 509 g/mol. The van der Waals surface area contributed by atoms with Crippen LogP contribution in [0.15, 0.2) is 53.7 Å². The van der Waals surface area contributed by atoms with E-state index in [0.29, 0.717) is 22.5 Å². The fourth-order valence-electron chi connectivity index (χ4n) is 3.29. The highest BCUT2D eigenvalue weighted by atomic mass is 32.2. The number of carbonyl (C=O) groups is 1. The van der Waals surface area contributed by atoms with Crippen molar-refractivity contribution < 1.29 is 27.4 Å². The fraction of sp³-hybridized carbons (Fsp3) is 0.375. The van der Waals surface area contributed by atoms with Gasteiger partial charge in [0.1, 0.15) is 0 Å². The Morgan fingerprint density at radius 1 is 1.00 bits per heavy atom. The summed E-state index contributed by atoms with van der Waals surface area (Å²) < 4.78 is 51.6. The number of hydrogen-bond acceptors (Lipinski definition) is 6. The highest BCUT2D eigenvalue weighted by Crippen LogP contribution is 2.34. The Bertz CT molecular complexity index is 1150. The van der Waals surface area contributed by atoms with Gasteiger partial charge in [-0.2, -0.15) is 13.2 Å². The molecule has 0 spiro atoms. The Kier molecular flexibility index (Phi) is 8.31. The molecule has 1 heterocycles. The van der Waals surface area contributed by atoms with Crippen LogP contribution in [0.2, 0.25) is 0 Å². The molecule has 7 nitrogen and oxygen atoms in total. The summed E-state index contributed by atoms with van der Waals surface area (Å²) in [7, 11) is 1.56. The maximum atomic E-state index is 12.8. The minimum atomic E-state index is -4.43. The standard InChI is InChI=1S/C24H27F3N4O3S/c1-14(2)31-21(15(3)34-20-9-7-6-8-19(20)33-5)29-30-23(31)35-16(4)22(32)28-18-12-10-17(11-13-18)24(25,26)27/h6-16H,1-5H3,(H,28,32). The Hall–Kier alpha value is -3.21. The Morgan fingerprint density at radius 2 is 1.63 bits per heavy atom. The molecule has 11 heteroatoms. The molecule has 1 amide bonds. The number of carbonyl (C=O) groups excluding carboxylic acids is 1. The molecule has 2 atom stereocenters. The number of nitrogens with zero attached hydrogens (tertiary/aromatic N) is 3. The first kappa shape index (κ1) is 26.4. The zero-order valence-electron chi connectivity index (χ0n) is 20.0. The van der Waals surface area contributed by atoms with Gasteiger partial charge in [-0.15, -0.1) is 10.2 Å². The molecule has 0 saturated heterocycles. The van der Waals surface area contributed by atoms with Gasteiger partial charge >= 0.3 is 6.18 Å². The Morgan fingerprint density at radius 3 is 2.20 bits per heavy atom. The maximum absolute atomic E-state index is 12.8. The second-order valence-corrected chi connectivity index (χ2v) is 9.35. The van der Waals surface area contributed by atoms with E-state index in [1.807, 2.05) is 37.5 Å². The first-order valence-corrected chi connectivity index (χ1v) is 11.8. The highest BCUT2D eigenvalue weighted by molar-refractivity contribution is 8.00. The van der Waals surface area contributed by atoms with Crippen molar-refractivity contribution >= 4 is 23.4 Å². The molecule has 0 fully saturated rings. The maximum Gasteiger partial charge on any atom is 0.416 e. The lowest BCUT2D eigenvalue weighted by Crippen LogP contribution is -2.23. The molecule has 3 aromatic rings. The fourth-order valence-corrected chi connectivity index (χ4v) is 4.28. The number of hydrogen-bond donors (Lipinski definition) is 1. The van der Waals surface area contributed by atoms with E-state index in [1.165, 1.54) is 23.9 Å². The van der Waals surface area contributed by atoms with Crippen molar-refractivity contribution in [1.82, 2.24) is 14.8 Å². The molecule has 188 valence electrons. The summed E-state index contributed by atoms with van der Waals surface area (Å²) in [6.45, 7) is 7.49. The lowest BCUT2D eigenvalue weighted by molar-refractivity contribution is -0.137. The highest BCUT2D eigenvalue weighted by Gasteiger charge is 2.30. The van der Waals surface area contributed by atoms with Gasteiger partial charge in [0.2, 0.25) is 5.91 Å². The van der Waals surface area contributed by atoms with Crippen LogP contribution in [0, 0.1) is 0 Å². The molecule has 1 aromatic heterocycles. The molecule has 0 aliphatic heterocycles. The number of ether oxygens (including phenoxy) is 2. The molecule has 35 heavy (non-hydrogen) atoms. The van der Waals surface area contributed by atoms with Crippen molar-refractivity contribution in [1.29, 1.82) is 0 Å². The minimum Gasteiger partial charge on any atom is -0.493 e. The third-order valence-corrected chi connectivity index (χ3v) is 6.13. The van der Waals surface area contributed by atoms with E-state index in [0.717, 1.165) is 12.1 Å². The first-order chi connectivity index (χ1) is 16.5. The van der Waals surface area contributed by atoms with Crippen LogP contribution in [-0.2, 0) is 11.0 Å². The van der Waals surface area contributed by atoms with Crippen LogP contribution in [0.3, 0.4) is 0 Å². The van der Waals surface area contributed by atoms with Crippen LogP contribution < -0.4 is 14.8 Å². The summed E-state index contributed by atoms with van der Waals surface area (Å²) in [6.07, 6.45) is -4.89. The van der Waals surface area contributed by atoms with E-state index in [1.54, 1.807) is 26.2 Å². The number of aromatic nitrogens is 3. The lowest BCUT2D eigenvalue weighted by Gasteiger charge is -2.20.